The number of nitrogens with one attached hydrogen (secondary N) is 1. The highest BCUT2D eigenvalue weighted by molar-refractivity contribution is 5.86. The third kappa shape index (κ3) is 4.24. The minimum atomic E-state index is -0.665. The van der Waals surface area contributed by atoms with Gasteiger partial charge in [0.1, 0.15) is 11.6 Å². The van der Waals surface area contributed by atoms with Gasteiger partial charge >= 0.3 is 6.09 Å². The van der Waals surface area contributed by atoms with Crippen LogP contribution in [0.2, 0.25) is 0 Å². The highest BCUT2D eigenvalue weighted by atomic mass is 16.6. The Bertz CT molecular complexity index is 368. The van der Waals surface area contributed by atoms with Gasteiger partial charge in [-0.25, -0.2) is 9.69 Å². The van der Waals surface area contributed by atoms with Crippen molar-refractivity contribution in [2.75, 3.05) is 6.54 Å². The SMILES string of the molecule is CC(C)(C)OC(=O)N[C@H]1CCCCN(C#N)C1=O. The average Bonchev–Trinajstić information content (AvgIpc) is 2.39. The van der Waals surface area contributed by atoms with Gasteiger partial charge < -0.3 is 10.1 Å². The molecular formula is C12H19N3O3. The summed E-state index contributed by atoms with van der Waals surface area (Å²) < 4.78 is 5.09. The summed E-state index contributed by atoms with van der Waals surface area (Å²) in [5.41, 5.74) is -0.604. The summed E-state index contributed by atoms with van der Waals surface area (Å²) in [7, 11) is 0. The van der Waals surface area contributed by atoms with E-state index in [1.165, 1.54) is 0 Å². The van der Waals surface area contributed by atoms with Crippen molar-refractivity contribution in [1.82, 2.24) is 10.2 Å². The minimum absolute atomic E-state index is 0.360. The molecule has 2 amide bonds. The second-order valence-electron chi connectivity index (χ2n) is 5.28. The number of amides is 2. The number of rotatable bonds is 1. The molecule has 1 rings (SSSR count). The van der Waals surface area contributed by atoms with Crippen molar-refractivity contribution >= 4 is 12.0 Å². The summed E-state index contributed by atoms with van der Waals surface area (Å²) in [6.07, 6.45) is 3.32. The van der Waals surface area contributed by atoms with Crippen LogP contribution in [-0.4, -0.2) is 35.1 Å². The zero-order valence-corrected chi connectivity index (χ0v) is 11.0. The number of nitrogens with zero attached hydrogens (tertiary/aromatic N) is 2. The van der Waals surface area contributed by atoms with Gasteiger partial charge in [-0.15, -0.1) is 0 Å². The average molecular weight is 253 g/mol. The summed E-state index contributed by atoms with van der Waals surface area (Å²) in [6.45, 7) is 5.68. The van der Waals surface area contributed by atoms with Crippen molar-refractivity contribution in [2.24, 2.45) is 0 Å². The molecule has 0 aromatic carbocycles. The van der Waals surface area contributed by atoms with Crippen LogP contribution in [0.25, 0.3) is 0 Å². The van der Waals surface area contributed by atoms with Crippen LogP contribution >= 0.6 is 0 Å². The van der Waals surface area contributed by atoms with E-state index in [1.54, 1.807) is 20.8 Å². The van der Waals surface area contributed by atoms with Gasteiger partial charge in [0.25, 0.3) is 5.91 Å². The Labute approximate surface area is 107 Å². The van der Waals surface area contributed by atoms with E-state index in [9.17, 15) is 9.59 Å². The van der Waals surface area contributed by atoms with Crippen molar-refractivity contribution < 1.29 is 14.3 Å². The van der Waals surface area contributed by atoms with Crippen LogP contribution in [0, 0.1) is 11.5 Å². The van der Waals surface area contributed by atoms with Crippen LogP contribution in [0.15, 0.2) is 0 Å². The molecule has 18 heavy (non-hydrogen) atoms. The van der Waals surface area contributed by atoms with Crippen LogP contribution in [-0.2, 0) is 9.53 Å². The van der Waals surface area contributed by atoms with E-state index in [1.807, 2.05) is 6.19 Å². The summed E-state index contributed by atoms with van der Waals surface area (Å²) in [5, 5.41) is 11.4. The maximum Gasteiger partial charge on any atom is 0.408 e. The highest BCUT2D eigenvalue weighted by Gasteiger charge is 2.29. The lowest BCUT2D eigenvalue weighted by Gasteiger charge is -2.23. The molecule has 6 heteroatoms. The molecule has 0 aromatic rings. The number of hydrogen-bond donors (Lipinski definition) is 1. The fraction of sp³-hybridized carbons (Fsp3) is 0.750. The monoisotopic (exact) mass is 253 g/mol. The zero-order chi connectivity index (χ0) is 13.8. The minimum Gasteiger partial charge on any atom is -0.444 e. The Morgan fingerprint density at radius 1 is 1.50 bits per heavy atom. The van der Waals surface area contributed by atoms with Crippen molar-refractivity contribution in [3.63, 3.8) is 0 Å². The van der Waals surface area contributed by atoms with Gasteiger partial charge in [-0.3, -0.25) is 4.79 Å². The lowest BCUT2D eigenvalue weighted by molar-refractivity contribution is -0.129. The Kier molecular flexibility index (Phi) is 4.54. The van der Waals surface area contributed by atoms with Gasteiger partial charge in [0.05, 0.1) is 0 Å². The topological polar surface area (TPSA) is 82.4 Å². The lowest BCUT2D eigenvalue weighted by atomic mass is 10.1. The number of alkyl carbamates (subject to hydrolysis) is 1. The highest BCUT2D eigenvalue weighted by Crippen LogP contribution is 2.13. The van der Waals surface area contributed by atoms with Gasteiger partial charge in [-0.05, 0) is 40.0 Å². The van der Waals surface area contributed by atoms with E-state index in [0.717, 1.165) is 17.7 Å². The number of carbonyl (C=O) groups excluding carboxylic acids is 2. The molecular weight excluding hydrogens is 234 g/mol. The van der Waals surface area contributed by atoms with E-state index < -0.39 is 17.7 Å². The molecule has 0 unspecified atom stereocenters. The molecule has 1 aliphatic heterocycles. The number of hydrogen-bond acceptors (Lipinski definition) is 4. The van der Waals surface area contributed by atoms with Crippen LogP contribution < -0.4 is 5.32 Å². The Balaban J connectivity index is 2.62. The first-order chi connectivity index (χ1) is 8.33. The molecule has 0 spiro atoms. The van der Waals surface area contributed by atoms with E-state index in [-0.39, 0.29) is 5.91 Å². The smallest absolute Gasteiger partial charge is 0.408 e. The Morgan fingerprint density at radius 3 is 2.72 bits per heavy atom. The number of ether oxygens (including phenoxy) is 1. The number of likely N-dealkylation sites (tertiary alicyclic amines) is 1. The first-order valence-electron chi connectivity index (χ1n) is 6.04. The predicted octanol–water partition coefficient (Wildman–Crippen LogP) is 1.37. The molecule has 1 N–H and O–H groups in total. The standard InChI is InChI=1S/C12H19N3O3/c1-12(2,3)18-11(17)14-9-6-4-5-7-15(8-13)10(9)16/h9H,4-7H2,1-3H3,(H,14,17)/t9-/m0/s1. The molecule has 6 nitrogen and oxygen atoms in total. The first-order valence-corrected chi connectivity index (χ1v) is 6.04. The zero-order valence-electron chi connectivity index (χ0n) is 11.0. The molecule has 0 saturated carbocycles. The fourth-order valence-corrected chi connectivity index (χ4v) is 1.72. The molecule has 100 valence electrons. The molecule has 1 aliphatic rings. The van der Waals surface area contributed by atoms with Gasteiger partial charge in [-0.1, -0.05) is 0 Å². The van der Waals surface area contributed by atoms with Crippen molar-refractivity contribution in [3.05, 3.63) is 0 Å². The van der Waals surface area contributed by atoms with Crippen LogP contribution in [0.1, 0.15) is 40.0 Å². The third-order valence-corrected chi connectivity index (χ3v) is 2.50. The number of carbonyl (C=O) groups is 2. The van der Waals surface area contributed by atoms with E-state index in [4.69, 9.17) is 10.00 Å². The number of nitriles is 1. The molecule has 0 aromatic heterocycles. The molecule has 1 atom stereocenters. The quantitative estimate of drug-likeness (QED) is 0.715. The maximum absolute atomic E-state index is 11.9. The van der Waals surface area contributed by atoms with Gasteiger partial charge in [0, 0.05) is 6.54 Å². The Hall–Kier alpha value is -1.77. The van der Waals surface area contributed by atoms with Crippen molar-refractivity contribution in [3.8, 4) is 6.19 Å². The first kappa shape index (κ1) is 14.3. The lowest BCUT2D eigenvalue weighted by Crippen LogP contribution is -2.47. The van der Waals surface area contributed by atoms with Crippen LogP contribution in [0.4, 0.5) is 4.79 Å². The second-order valence-corrected chi connectivity index (χ2v) is 5.28. The van der Waals surface area contributed by atoms with Gasteiger partial charge in [0.2, 0.25) is 0 Å². The van der Waals surface area contributed by atoms with Crippen LogP contribution in [0.5, 0.6) is 0 Å². The normalized spacial score (nSPS) is 20.9. The molecule has 0 aliphatic carbocycles. The van der Waals surface area contributed by atoms with Gasteiger partial charge in [-0.2, -0.15) is 5.26 Å². The summed E-state index contributed by atoms with van der Waals surface area (Å²) in [5.74, 6) is -0.360. The van der Waals surface area contributed by atoms with Crippen molar-refractivity contribution in [1.29, 1.82) is 5.26 Å². The summed E-state index contributed by atoms with van der Waals surface area (Å²) in [6, 6.07) is -0.665. The predicted molar refractivity (Wildman–Crippen MR) is 64.3 cm³/mol. The molecule has 1 fully saturated rings. The van der Waals surface area contributed by atoms with Crippen LogP contribution in [0.3, 0.4) is 0 Å². The molecule has 1 saturated heterocycles. The van der Waals surface area contributed by atoms with Crippen molar-refractivity contribution in [2.45, 2.75) is 51.7 Å². The summed E-state index contributed by atoms with van der Waals surface area (Å²) in [4.78, 5) is 24.6. The second kappa shape index (κ2) is 5.71. The molecule has 0 bridgehead atoms. The van der Waals surface area contributed by atoms with E-state index in [2.05, 4.69) is 5.32 Å². The fourth-order valence-electron chi connectivity index (χ4n) is 1.72. The van der Waals surface area contributed by atoms with E-state index in [0.29, 0.717) is 13.0 Å². The molecule has 0 radical (unpaired) electrons. The Morgan fingerprint density at radius 2 is 2.17 bits per heavy atom. The summed E-state index contributed by atoms with van der Waals surface area (Å²) >= 11 is 0. The van der Waals surface area contributed by atoms with Gasteiger partial charge in [0.15, 0.2) is 6.19 Å². The third-order valence-electron chi connectivity index (χ3n) is 2.50. The van der Waals surface area contributed by atoms with E-state index >= 15 is 0 Å². The maximum atomic E-state index is 11.9. The largest absolute Gasteiger partial charge is 0.444 e. The molecule has 1 heterocycles.